The number of carbonyl (C=O) groups is 1. The van der Waals surface area contributed by atoms with Crippen LogP contribution in [0.2, 0.25) is 5.02 Å². The lowest BCUT2D eigenvalue weighted by Crippen LogP contribution is -2.14. The SMILES string of the molecule is CCc1cccc2sc(=NC(=O)Cc3ccc(Cl)cc3)n(C)c12. The van der Waals surface area contributed by atoms with Gasteiger partial charge in [0.25, 0.3) is 5.91 Å². The molecule has 5 heteroatoms. The molecule has 2 aromatic carbocycles. The van der Waals surface area contributed by atoms with Crippen LogP contribution >= 0.6 is 22.9 Å². The number of hydrogen-bond donors (Lipinski definition) is 0. The summed E-state index contributed by atoms with van der Waals surface area (Å²) in [6.45, 7) is 2.13. The molecule has 0 fully saturated rings. The van der Waals surface area contributed by atoms with Gasteiger partial charge < -0.3 is 4.57 Å². The van der Waals surface area contributed by atoms with Gasteiger partial charge in [-0.15, -0.1) is 0 Å². The Hall–Kier alpha value is -1.91. The van der Waals surface area contributed by atoms with E-state index in [9.17, 15) is 4.79 Å². The van der Waals surface area contributed by atoms with E-state index >= 15 is 0 Å². The molecule has 0 radical (unpaired) electrons. The van der Waals surface area contributed by atoms with Gasteiger partial charge in [0, 0.05) is 12.1 Å². The molecule has 3 aromatic rings. The minimum absolute atomic E-state index is 0.146. The number of hydrogen-bond acceptors (Lipinski definition) is 2. The molecular weight excluding hydrogens is 328 g/mol. The van der Waals surface area contributed by atoms with E-state index in [4.69, 9.17) is 11.6 Å². The first-order chi connectivity index (χ1) is 11.1. The van der Waals surface area contributed by atoms with Crippen molar-refractivity contribution in [2.75, 3.05) is 0 Å². The molecule has 0 spiro atoms. The number of thiazole rings is 1. The van der Waals surface area contributed by atoms with Crippen LogP contribution in [-0.2, 0) is 24.7 Å². The zero-order valence-corrected chi connectivity index (χ0v) is 14.6. The summed E-state index contributed by atoms with van der Waals surface area (Å²) >= 11 is 7.41. The highest BCUT2D eigenvalue weighted by Gasteiger charge is 2.08. The highest BCUT2D eigenvalue weighted by molar-refractivity contribution is 7.16. The third kappa shape index (κ3) is 3.38. The molecule has 0 aliphatic heterocycles. The Morgan fingerprint density at radius 1 is 1.22 bits per heavy atom. The van der Waals surface area contributed by atoms with Crippen LogP contribution in [0.1, 0.15) is 18.1 Å². The van der Waals surface area contributed by atoms with Crippen molar-refractivity contribution in [3.8, 4) is 0 Å². The van der Waals surface area contributed by atoms with E-state index < -0.39 is 0 Å². The fourth-order valence-electron chi connectivity index (χ4n) is 2.60. The number of fused-ring (bicyclic) bond motifs is 1. The monoisotopic (exact) mass is 344 g/mol. The van der Waals surface area contributed by atoms with Gasteiger partial charge in [0.05, 0.1) is 16.6 Å². The second-order valence-electron chi connectivity index (χ2n) is 5.37. The van der Waals surface area contributed by atoms with Crippen LogP contribution in [0.3, 0.4) is 0 Å². The molecule has 118 valence electrons. The van der Waals surface area contributed by atoms with Crippen LogP contribution in [0, 0.1) is 0 Å². The summed E-state index contributed by atoms with van der Waals surface area (Å²) in [6, 6.07) is 13.5. The molecule has 0 aliphatic carbocycles. The van der Waals surface area contributed by atoms with Crippen LogP contribution < -0.4 is 4.80 Å². The van der Waals surface area contributed by atoms with E-state index in [1.54, 1.807) is 23.5 Å². The number of aryl methyl sites for hydroxylation is 2. The van der Waals surface area contributed by atoms with E-state index in [1.165, 1.54) is 5.56 Å². The van der Waals surface area contributed by atoms with Crippen molar-refractivity contribution in [1.82, 2.24) is 4.57 Å². The summed E-state index contributed by atoms with van der Waals surface area (Å²) in [6.07, 6.45) is 1.24. The number of nitrogens with zero attached hydrogens (tertiary/aromatic N) is 2. The molecule has 1 amide bonds. The van der Waals surface area contributed by atoms with Crippen LogP contribution in [0.15, 0.2) is 47.5 Å². The lowest BCUT2D eigenvalue weighted by Gasteiger charge is -2.02. The van der Waals surface area contributed by atoms with Crippen LogP contribution in [-0.4, -0.2) is 10.5 Å². The smallest absolute Gasteiger partial charge is 0.252 e. The van der Waals surface area contributed by atoms with E-state index in [0.717, 1.165) is 27.0 Å². The summed E-state index contributed by atoms with van der Waals surface area (Å²) in [5.41, 5.74) is 3.35. The molecule has 0 bridgehead atoms. The third-order valence-corrected chi connectivity index (χ3v) is 5.13. The number of carbonyl (C=O) groups excluding carboxylic acids is 1. The fraction of sp³-hybridized carbons (Fsp3) is 0.222. The Kier molecular flexibility index (Phi) is 4.64. The van der Waals surface area contributed by atoms with Gasteiger partial charge in [-0.05, 0) is 35.7 Å². The Morgan fingerprint density at radius 2 is 1.96 bits per heavy atom. The van der Waals surface area contributed by atoms with Gasteiger partial charge in [-0.2, -0.15) is 4.99 Å². The van der Waals surface area contributed by atoms with Gasteiger partial charge in [-0.25, -0.2) is 0 Å². The predicted octanol–water partition coefficient (Wildman–Crippen LogP) is 4.13. The number of halogens is 1. The summed E-state index contributed by atoms with van der Waals surface area (Å²) in [4.78, 5) is 17.3. The van der Waals surface area contributed by atoms with Gasteiger partial charge >= 0.3 is 0 Å². The van der Waals surface area contributed by atoms with Crippen molar-refractivity contribution in [2.24, 2.45) is 12.0 Å². The zero-order chi connectivity index (χ0) is 16.4. The standard InChI is InChI=1S/C18H17ClN2OS/c1-3-13-5-4-6-15-17(13)21(2)18(23-15)20-16(22)11-12-7-9-14(19)10-8-12/h4-10H,3,11H2,1-2H3. The molecule has 1 aromatic heterocycles. The number of aromatic nitrogens is 1. The van der Waals surface area contributed by atoms with Crippen molar-refractivity contribution >= 4 is 39.1 Å². The fourth-order valence-corrected chi connectivity index (χ4v) is 3.81. The minimum atomic E-state index is -0.146. The maximum atomic E-state index is 12.2. The van der Waals surface area contributed by atoms with Crippen molar-refractivity contribution in [3.63, 3.8) is 0 Å². The Labute approximate surface area is 143 Å². The second-order valence-corrected chi connectivity index (χ2v) is 6.82. The molecule has 0 saturated heterocycles. The van der Waals surface area contributed by atoms with Crippen molar-refractivity contribution in [2.45, 2.75) is 19.8 Å². The molecule has 3 rings (SSSR count). The summed E-state index contributed by atoms with van der Waals surface area (Å²) in [5.74, 6) is -0.146. The predicted molar refractivity (Wildman–Crippen MR) is 95.9 cm³/mol. The first-order valence-electron chi connectivity index (χ1n) is 7.48. The van der Waals surface area contributed by atoms with Gasteiger partial charge in [-0.3, -0.25) is 4.79 Å². The number of benzene rings is 2. The van der Waals surface area contributed by atoms with Crippen LogP contribution in [0.25, 0.3) is 10.2 Å². The third-order valence-electron chi connectivity index (χ3n) is 3.78. The Balaban J connectivity index is 1.96. The largest absolute Gasteiger partial charge is 0.319 e. The minimum Gasteiger partial charge on any atom is -0.319 e. The molecule has 0 saturated carbocycles. The second kappa shape index (κ2) is 6.69. The summed E-state index contributed by atoms with van der Waals surface area (Å²) in [7, 11) is 1.96. The first-order valence-corrected chi connectivity index (χ1v) is 8.67. The van der Waals surface area contributed by atoms with E-state index in [1.807, 2.05) is 23.7 Å². The van der Waals surface area contributed by atoms with Crippen molar-refractivity contribution < 1.29 is 4.79 Å². The van der Waals surface area contributed by atoms with Gasteiger partial charge in [0.1, 0.15) is 0 Å². The zero-order valence-electron chi connectivity index (χ0n) is 13.0. The van der Waals surface area contributed by atoms with E-state index in [2.05, 4.69) is 30.1 Å². The Bertz CT molecular complexity index is 922. The number of rotatable bonds is 3. The van der Waals surface area contributed by atoms with Gasteiger partial charge in [-0.1, -0.05) is 54.1 Å². The van der Waals surface area contributed by atoms with E-state index in [0.29, 0.717) is 5.02 Å². The first kappa shape index (κ1) is 16.0. The molecule has 0 aliphatic rings. The maximum absolute atomic E-state index is 12.2. The molecule has 1 heterocycles. The van der Waals surface area contributed by atoms with Gasteiger partial charge in [0.2, 0.25) is 0 Å². The molecule has 3 nitrogen and oxygen atoms in total. The quantitative estimate of drug-likeness (QED) is 0.703. The molecule has 0 N–H and O–H groups in total. The Morgan fingerprint density at radius 3 is 2.65 bits per heavy atom. The average Bonchev–Trinajstić information content (AvgIpc) is 2.86. The molecule has 0 unspecified atom stereocenters. The highest BCUT2D eigenvalue weighted by Crippen LogP contribution is 2.21. The highest BCUT2D eigenvalue weighted by atomic mass is 35.5. The molecule has 0 atom stereocenters. The lowest BCUT2D eigenvalue weighted by atomic mass is 10.1. The number of amides is 1. The topological polar surface area (TPSA) is 34.4 Å². The lowest BCUT2D eigenvalue weighted by molar-refractivity contribution is -0.117. The summed E-state index contributed by atoms with van der Waals surface area (Å²) in [5, 5.41) is 0.668. The average molecular weight is 345 g/mol. The van der Waals surface area contributed by atoms with Crippen LogP contribution in [0.5, 0.6) is 0 Å². The van der Waals surface area contributed by atoms with Gasteiger partial charge in [0.15, 0.2) is 4.80 Å². The molecular formula is C18H17ClN2OS. The molecule has 23 heavy (non-hydrogen) atoms. The van der Waals surface area contributed by atoms with Crippen molar-refractivity contribution in [1.29, 1.82) is 0 Å². The van der Waals surface area contributed by atoms with Crippen LogP contribution in [0.4, 0.5) is 0 Å². The normalized spacial score (nSPS) is 12.0. The number of para-hydroxylation sites is 1. The maximum Gasteiger partial charge on any atom is 0.252 e. The van der Waals surface area contributed by atoms with E-state index in [-0.39, 0.29) is 12.3 Å². The van der Waals surface area contributed by atoms with Crippen molar-refractivity contribution in [3.05, 3.63) is 63.4 Å². The summed E-state index contributed by atoms with van der Waals surface area (Å²) < 4.78 is 3.17.